The molecule has 104 valence electrons. The van der Waals surface area contributed by atoms with E-state index < -0.39 is 18.0 Å². The molecule has 2 amide bonds. The lowest BCUT2D eigenvalue weighted by Crippen LogP contribution is -2.45. The minimum absolute atomic E-state index is 0.409. The maximum atomic E-state index is 11.4. The van der Waals surface area contributed by atoms with Gasteiger partial charge in [-0.3, -0.25) is 4.79 Å². The molecule has 1 aliphatic rings. The molecular formula is C12H23N3O3. The van der Waals surface area contributed by atoms with Gasteiger partial charge in [0.25, 0.3) is 0 Å². The number of urea groups is 1. The van der Waals surface area contributed by atoms with E-state index in [1.807, 2.05) is 0 Å². The van der Waals surface area contributed by atoms with Crippen LogP contribution in [-0.4, -0.2) is 53.7 Å². The van der Waals surface area contributed by atoms with Gasteiger partial charge in [-0.25, -0.2) is 4.79 Å². The summed E-state index contributed by atoms with van der Waals surface area (Å²) in [7, 11) is 0. The van der Waals surface area contributed by atoms with Gasteiger partial charge >= 0.3 is 12.0 Å². The van der Waals surface area contributed by atoms with Gasteiger partial charge in [0.1, 0.15) is 6.04 Å². The third-order valence-electron chi connectivity index (χ3n) is 3.32. The number of hydrogen-bond donors (Lipinski definition) is 3. The molecule has 1 unspecified atom stereocenters. The lowest BCUT2D eigenvalue weighted by molar-refractivity contribution is -0.138. The van der Waals surface area contributed by atoms with Gasteiger partial charge in [-0.15, -0.1) is 0 Å². The van der Waals surface area contributed by atoms with E-state index in [0.717, 1.165) is 19.5 Å². The Labute approximate surface area is 108 Å². The molecule has 0 spiro atoms. The first kappa shape index (κ1) is 14.8. The molecule has 1 saturated heterocycles. The monoisotopic (exact) mass is 257 g/mol. The van der Waals surface area contributed by atoms with E-state index in [2.05, 4.69) is 29.4 Å². The molecule has 6 heteroatoms. The maximum Gasteiger partial charge on any atom is 0.325 e. The number of carboxylic acid groups (broad SMARTS) is 1. The second-order valence-electron chi connectivity index (χ2n) is 5.16. The fourth-order valence-corrected chi connectivity index (χ4v) is 2.04. The highest BCUT2D eigenvalue weighted by atomic mass is 16.4. The number of hydrogen-bond acceptors (Lipinski definition) is 3. The van der Waals surface area contributed by atoms with E-state index in [1.165, 1.54) is 6.92 Å². The fourth-order valence-electron chi connectivity index (χ4n) is 2.04. The van der Waals surface area contributed by atoms with Crippen molar-refractivity contribution in [1.29, 1.82) is 0 Å². The van der Waals surface area contributed by atoms with Gasteiger partial charge in [0.2, 0.25) is 0 Å². The summed E-state index contributed by atoms with van der Waals surface area (Å²) in [6, 6.07) is -0.732. The molecule has 0 aliphatic carbocycles. The summed E-state index contributed by atoms with van der Waals surface area (Å²) in [6.07, 6.45) is 1.08. The second-order valence-corrected chi connectivity index (χ2v) is 5.16. The highest BCUT2D eigenvalue weighted by Crippen LogP contribution is 2.17. The van der Waals surface area contributed by atoms with Crippen molar-refractivity contribution in [1.82, 2.24) is 15.5 Å². The Kier molecular flexibility index (Phi) is 5.40. The Hall–Kier alpha value is -1.30. The molecule has 1 aliphatic heterocycles. The van der Waals surface area contributed by atoms with Crippen LogP contribution < -0.4 is 10.6 Å². The third kappa shape index (κ3) is 4.52. The zero-order chi connectivity index (χ0) is 13.7. The van der Waals surface area contributed by atoms with Crippen molar-refractivity contribution in [3.63, 3.8) is 0 Å². The molecule has 0 aromatic carbocycles. The second kappa shape index (κ2) is 6.58. The number of likely N-dealkylation sites (tertiary alicyclic amines) is 1. The Balaban J connectivity index is 2.22. The van der Waals surface area contributed by atoms with Gasteiger partial charge in [0.05, 0.1) is 0 Å². The van der Waals surface area contributed by atoms with E-state index in [9.17, 15) is 9.59 Å². The predicted molar refractivity (Wildman–Crippen MR) is 68.4 cm³/mol. The Morgan fingerprint density at radius 1 is 1.39 bits per heavy atom. The Morgan fingerprint density at radius 3 is 2.56 bits per heavy atom. The lowest BCUT2D eigenvalue weighted by Gasteiger charge is -2.20. The van der Waals surface area contributed by atoms with Crippen molar-refractivity contribution in [2.45, 2.75) is 39.3 Å². The number of aliphatic carboxylic acids is 1. The molecule has 0 bridgehead atoms. The maximum absolute atomic E-state index is 11.4. The van der Waals surface area contributed by atoms with Gasteiger partial charge in [-0.1, -0.05) is 0 Å². The smallest absolute Gasteiger partial charge is 0.325 e. The topological polar surface area (TPSA) is 81.7 Å². The van der Waals surface area contributed by atoms with Crippen LogP contribution in [0.4, 0.5) is 4.79 Å². The Morgan fingerprint density at radius 2 is 2.06 bits per heavy atom. The summed E-state index contributed by atoms with van der Waals surface area (Å²) in [4.78, 5) is 24.4. The van der Waals surface area contributed by atoms with Crippen LogP contribution in [0.15, 0.2) is 0 Å². The van der Waals surface area contributed by atoms with Crippen LogP contribution in [0, 0.1) is 5.92 Å². The standard InChI is InChI=1S/C12H23N3O3/c1-8(2)15-5-4-10(7-15)6-13-12(18)14-9(3)11(16)17/h8-10H,4-7H2,1-3H3,(H,16,17)(H2,13,14,18)/t9-,10?/m0/s1. The molecule has 2 atom stereocenters. The van der Waals surface area contributed by atoms with E-state index >= 15 is 0 Å². The molecular weight excluding hydrogens is 234 g/mol. The van der Waals surface area contributed by atoms with Crippen LogP contribution >= 0.6 is 0 Å². The quantitative estimate of drug-likeness (QED) is 0.669. The summed E-state index contributed by atoms with van der Waals surface area (Å²) in [5.41, 5.74) is 0. The minimum Gasteiger partial charge on any atom is -0.480 e. The van der Waals surface area contributed by atoms with Crippen LogP contribution in [0.3, 0.4) is 0 Å². The summed E-state index contributed by atoms with van der Waals surface area (Å²) in [6.45, 7) is 8.43. The zero-order valence-corrected chi connectivity index (χ0v) is 11.3. The normalized spacial score (nSPS) is 21.9. The van der Waals surface area contributed by atoms with Crippen LogP contribution in [-0.2, 0) is 4.79 Å². The van der Waals surface area contributed by atoms with Gasteiger partial charge in [0.15, 0.2) is 0 Å². The van der Waals surface area contributed by atoms with E-state index in [1.54, 1.807) is 0 Å². The van der Waals surface area contributed by atoms with Crippen molar-refractivity contribution in [3.8, 4) is 0 Å². The zero-order valence-electron chi connectivity index (χ0n) is 11.3. The first-order valence-electron chi connectivity index (χ1n) is 6.41. The molecule has 0 aromatic rings. The molecule has 3 N–H and O–H groups in total. The largest absolute Gasteiger partial charge is 0.480 e. The molecule has 1 heterocycles. The average Bonchev–Trinajstić information content (AvgIpc) is 2.74. The van der Waals surface area contributed by atoms with E-state index in [0.29, 0.717) is 18.5 Å². The summed E-state index contributed by atoms with van der Waals surface area (Å²) < 4.78 is 0. The number of carbonyl (C=O) groups is 2. The summed E-state index contributed by atoms with van der Waals surface area (Å²) in [5, 5.41) is 13.8. The number of rotatable bonds is 5. The lowest BCUT2D eigenvalue weighted by atomic mass is 10.1. The van der Waals surface area contributed by atoms with Crippen LogP contribution in [0.25, 0.3) is 0 Å². The van der Waals surface area contributed by atoms with Crippen molar-refractivity contribution < 1.29 is 14.7 Å². The first-order chi connectivity index (χ1) is 8.40. The third-order valence-corrected chi connectivity index (χ3v) is 3.32. The van der Waals surface area contributed by atoms with Crippen LogP contribution in [0.2, 0.25) is 0 Å². The molecule has 0 radical (unpaired) electrons. The summed E-state index contributed by atoms with van der Waals surface area (Å²) >= 11 is 0. The molecule has 1 fully saturated rings. The molecule has 18 heavy (non-hydrogen) atoms. The SMILES string of the molecule is CC(C)N1CCC(CNC(=O)N[C@@H](C)C(=O)O)C1. The van der Waals surface area contributed by atoms with E-state index in [4.69, 9.17) is 5.11 Å². The van der Waals surface area contributed by atoms with E-state index in [-0.39, 0.29) is 0 Å². The van der Waals surface area contributed by atoms with Crippen LogP contribution in [0.1, 0.15) is 27.2 Å². The molecule has 0 saturated carbocycles. The number of nitrogens with zero attached hydrogens (tertiary/aromatic N) is 1. The molecule has 1 rings (SSSR count). The Bertz CT molecular complexity index is 307. The first-order valence-corrected chi connectivity index (χ1v) is 6.41. The van der Waals surface area contributed by atoms with Gasteiger partial charge in [-0.2, -0.15) is 0 Å². The van der Waals surface area contributed by atoms with Gasteiger partial charge in [0, 0.05) is 19.1 Å². The van der Waals surface area contributed by atoms with Gasteiger partial charge < -0.3 is 20.6 Å². The van der Waals surface area contributed by atoms with Gasteiger partial charge in [-0.05, 0) is 39.7 Å². The van der Waals surface area contributed by atoms with Crippen molar-refractivity contribution in [2.75, 3.05) is 19.6 Å². The molecule has 0 aromatic heterocycles. The molecule has 6 nitrogen and oxygen atoms in total. The average molecular weight is 257 g/mol. The predicted octanol–water partition coefficient (Wildman–Crippen LogP) is 0.489. The number of carboxylic acids is 1. The number of nitrogens with one attached hydrogen (secondary N) is 2. The fraction of sp³-hybridized carbons (Fsp3) is 0.833. The highest BCUT2D eigenvalue weighted by Gasteiger charge is 2.24. The van der Waals surface area contributed by atoms with Crippen molar-refractivity contribution in [2.24, 2.45) is 5.92 Å². The number of amides is 2. The number of carbonyl (C=O) groups excluding carboxylic acids is 1. The minimum atomic E-state index is -1.03. The van der Waals surface area contributed by atoms with Crippen LogP contribution in [0.5, 0.6) is 0 Å². The highest BCUT2D eigenvalue weighted by molar-refractivity contribution is 5.82. The van der Waals surface area contributed by atoms with Crippen molar-refractivity contribution >= 4 is 12.0 Å². The van der Waals surface area contributed by atoms with Crippen molar-refractivity contribution in [3.05, 3.63) is 0 Å². The summed E-state index contributed by atoms with van der Waals surface area (Å²) in [5.74, 6) is -0.574.